The Balaban J connectivity index is 0. The molecule has 0 heterocycles. The molecule has 0 aliphatic carbocycles. The molecule has 0 aromatic heterocycles. The van der Waals surface area contributed by atoms with Crippen LogP contribution in [0, 0.1) is 0 Å². The van der Waals surface area contributed by atoms with Crippen molar-refractivity contribution >= 4 is 21.1 Å². The largest absolute Gasteiger partial charge is 0 e. The molecule has 0 bridgehead atoms. The van der Waals surface area contributed by atoms with Gasteiger partial charge in [0.2, 0.25) is 0 Å². The summed E-state index contributed by atoms with van der Waals surface area (Å²) in [6, 6.07) is 0. The first-order chi connectivity index (χ1) is 4.41. The van der Waals surface area contributed by atoms with Crippen LogP contribution in [-0.2, 0) is 16.8 Å². The molecule has 0 aliphatic heterocycles. The first-order valence-corrected chi connectivity index (χ1v) is 8.16. The van der Waals surface area contributed by atoms with Gasteiger partial charge in [0.1, 0.15) is 0 Å². The van der Waals surface area contributed by atoms with Crippen LogP contribution in [-0.4, -0.2) is 21.1 Å². The summed E-state index contributed by atoms with van der Waals surface area (Å²) in [5.74, 6) is 0. The second-order valence-electron chi connectivity index (χ2n) is 2.46. The first-order valence-electron chi connectivity index (χ1n) is 4.12. The number of unbranched alkanes of at least 4 members (excludes halogenated alkanes) is 2. The van der Waals surface area contributed by atoms with Gasteiger partial charge in [0.05, 0.1) is 0 Å². The van der Waals surface area contributed by atoms with Crippen molar-refractivity contribution in [1.82, 2.24) is 0 Å². The van der Waals surface area contributed by atoms with Crippen molar-refractivity contribution in [2.45, 2.75) is 48.4 Å². The second kappa shape index (κ2) is 12.9. The molecule has 0 aromatic rings. The zero-order chi connectivity index (χ0) is 6.95. The van der Waals surface area contributed by atoms with Crippen LogP contribution in [0.2, 0.25) is 8.87 Å². The first kappa shape index (κ1) is 13.9. The molecular weight excluding hydrogens is 274 g/mol. The monoisotopic (exact) mass is 293 g/mol. The Labute approximate surface area is 86.0 Å². The third kappa shape index (κ3) is 12.0. The van der Waals surface area contributed by atoms with E-state index in [4.69, 9.17) is 0 Å². The smallest absolute Gasteiger partial charge is 0 e. The van der Waals surface area contributed by atoms with Gasteiger partial charge in [0.15, 0.2) is 0 Å². The quantitative estimate of drug-likeness (QED) is 0.521. The Morgan fingerprint density at radius 2 is 1.30 bits per heavy atom. The van der Waals surface area contributed by atoms with Gasteiger partial charge in [-0.1, -0.05) is 0 Å². The molecule has 0 amide bonds. The van der Waals surface area contributed by atoms with Crippen LogP contribution in [0.15, 0.2) is 0 Å². The van der Waals surface area contributed by atoms with E-state index in [1.807, 2.05) is 0 Å². The van der Waals surface area contributed by atoms with Crippen LogP contribution in [0.25, 0.3) is 0 Å². The Hall–Kier alpha value is 1.31. The molecule has 0 spiro atoms. The normalized spacial score (nSPS) is 9.00. The van der Waals surface area contributed by atoms with Gasteiger partial charge in [-0.25, -0.2) is 0 Å². The Bertz CT molecular complexity index is 42.5. The van der Waals surface area contributed by atoms with E-state index in [2.05, 4.69) is 13.8 Å². The summed E-state index contributed by atoms with van der Waals surface area (Å²) in [6.45, 7) is 4.58. The zero-order valence-electron chi connectivity index (χ0n) is 7.08. The van der Waals surface area contributed by atoms with Crippen LogP contribution in [0.5, 0.6) is 0 Å². The van der Waals surface area contributed by atoms with Crippen LogP contribution in [0.3, 0.4) is 0 Å². The number of rotatable bonds is 6. The molecule has 0 aromatic carbocycles. The maximum atomic E-state index is 2.29. The summed E-state index contributed by atoms with van der Waals surface area (Å²) in [5, 5.41) is 0. The topological polar surface area (TPSA) is 0 Å². The molecule has 0 N–H and O–H groups in total. The fourth-order valence-electron chi connectivity index (χ4n) is 0.729. The summed E-state index contributed by atoms with van der Waals surface area (Å²) < 4.78 is 3.25. The molecule has 3 radical (unpaired) electrons. The van der Waals surface area contributed by atoms with Crippen molar-refractivity contribution in [2.75, 3.05) is 0 Å². The van der Waals surface area contributed by atoms with Gasteiger partial charge in [-0.05, 0) is 0 Å². The van der Waals surface area contributed by atoms with Crippen molar-refractivity contribution < 1.29 is 16.8 Å². The van der Waals surface area contributed by atoms with Crippen molar-refractivity contribution in [1.29, 1.82) is 0 Å². The predicted octanol–water partition coefficient (Wildman–Crippen LogP) is 3.12. The molecule has 0 saturated carbocycles. The number of hydrogen-bond acceptors (Lipinski definition) is 0. The SMILES string of the molecule is CCC[CH2][Sn][CH2]CCC.[Co]. The summed E-state index contributed by atoms with van der Waals surface area (Å²) >= 11 is 0.149. The molecule has 63 valence electrons. The second-order valence-corrected chi connectivity index (χ2v) is 6.74. The van der Waals surface area contributed by atoms with Crippen LogP contribution in [0.4, 0.5) is 0 Å². The van der Waals surface area contributed by atoms with Gasteiger partial charge < -0.3 is 0 Å². The van der Waals surface area contributed by atoms with Crippen molar-refractivity contribution in [2.24, 2.45) is 0 Å². The van der Waals surface area contributed by atoms with Gasteiger partial charge in [-0.3, -0.25) is 0 Å². The standard InChI is InChI=1S/2C4H9.Co.Sn/c2*1-3-4-2;;/h2*1,3-4H2,2H3;;. The Kier molecular flexibility index (Phi) is 17.9. The zero-order valence-corrected chi connectivity index (χ0v) is 11.0. The molecule has 0 aliphatic rings. The van der Waals surface area contributed by atoms with Gasteiger partial charge in [0, 0.05) is 16.8 Å². The van der Waals surface area contributed by atoms with E-state index < -0.39 is 0 Å². The predicted molar refractivity (Wildman–Crippen MR) is 45.2 cm³/mol. The molecule has 0 saturated heterocycles. The minimum absolute atomic E-state index is 0. The molecule has 0 atom stereocenters. The van der Waals surface area contributed by atoms with E-state index in [0.717, 1.165) is 0 Å². The molecular formula is C8H18CoSn. The van der Waals surface area contributed by atoms with Crippen molar-refractivity contribution in [3.63, 3.8) is 0 Å². The average molecular weight is 292 g/mol. The van der Waals surface area contributed by atoms with Gasteiger partial charge in [-0.2, -0.15) is 0 Å². The fourth-order valence-corrected chi connectivity index (χ4v) is 4.89. The molecule has 0 rings (SSSR count). The van der Waals surface area contributed by atoms with E-state index >= 15 is 0 Å². The molecule has 0 fully saturated rings. The summed E-state index contributed by atoms with van der Waals surface area (Å²) in [4.78, 5) is 0. The summed E-state index contributed by atoms with van der Waals surface area (Å²) in [6.07, 6.45) is 5.84. The van der Waals surface area contributed by atoms with E-state index in [1.165, 1.54) is 25.7 Å². The minimum atomic E-state index is 0. The van der Waals surface area contributed by atoms with Crippen LogP contribution >= 0.6 is 0 Å². The number of hydrogen-bond donors (Lipinski definition) is 0. The molecule has 2 heteroatoms. The molecule has 0 nitrogen and oxygen atoms in total. The van der Waals surface area contributed by atoms with E-state index in [1.54, 1.807) is 8.87 Å². The third-order valence-corrected chi connectivity index (χ3v) is 5.45. The van der Waals surface area contributed by atoms with Crippen molar-refractivity contribution in [3.05, 3.63) is 0 Å². The Morgan fingerprint density at radius 1 is 0.900 bits per heavy atom. The average Bonchev–Trinajstić information content (AvgIpc) is 1.89. The van der Waals surface area contributed by atoms with Gasteiger partial charge >= 0.3 is 69.5 Å². The van der Waals surface area contributed by atoms with Crippen LogP contribution in [0.1, 0.15) is 39.5 Å². The Morgan fingerprint density at radius 3 is 1.60 bits per heavy atom. The summed E-state index contributed by atoms with van der Waals surface area (Å²) in [7, 11) is 0. The molecule has 0 unspecified atom stereocenters. The fraction of sp³-hybridized carbons (Fsp3) is 1.00. The van der Waals surface area contributed by atoms with Crippen molar-refractivity contribution in [3.8, 4) is 0 Å². The van der Waals surface area contributed by atoms with Gasteiger partial charge in [-0.15, -0.1) is 0 Å². The maximum Gasteiger partial charge on any atom is 0 e. The molecule has 10 heavy (non-hydrogen) atoms. The van der Waals surface area contributed by atoms with Gasteiger partial charge in [0.25, 0.3) is 0 Å². The van der Waals surface area contributed by atoms with E-state index in [-0.39, 0.29) is 37.9 Å². The van der Waals surface area contributed by atoms with E-state index in [9.17, 15) is 0 Å². The summed E-state index contributed by atoms with van der Waals surface area (Å²) in [5.41, 5.74) is 0. The third-order valence-electron chi connectivity index (χ3n) is 1.41. The minimum Gasteiger partial charge on any atom is 0 e. The maximum absolute atomic E-state index is 2.29. The van der Waals surface area contributed by atoms with Crippen LogP contribution < -0.4 is 0 Å². The van der Waals surface area contributed by atoms with E-state index in [0.29, 0.717) is 0 Å².